The van der Waals surface area contributed by atoms with Gasteiger partial charge in [0.05, 0.1) is 12.2 Å². The maximum Gasteiger partial charge on any atom is 0.305 e. The molecule has 3 unspecified atom stereocenters. The Hall–Kier alpha value is -0.650. The van der Waals surface area contributed by atoms with Crippen LogP contribution in [0.2, 0.25) is 0 Å². The van der Waals surface area contributed by atoms with Crippen molar-refractivity contribution in [3.05, 3.63) is 0 Å². The lowest BCUT2D eigenvalue weighted by atomic mass is 9.95. The number of hydrogen-bond donors (Lipinski definition) is 1. The Labute approximate surface area is 95.7 Å². The summed E-state index contributed by atoms with van der Waals surface area (Å²) >= 11 is 0. The van der Waals surface area contributed by atoms with Gasteiger partial charge in [-0.15, -0.1) is 0 Å². The minimum absolute atomic E-state index is 0.0389. The molecular weight excluding hydrogens is 212 g/mol. The third kappa shape index (κ3) is 4.92. The zero-order chi connectivity index (χ0) is 12.0. The van der Waals surface area contributed by atoms with Crippen LogP contribution in [-0.4, -0.2) is 43.3 Å². The lowest BCUT2D eigenvalue weighted by molar-refractivity contribution is -0.188. The molecule has 0 aromatic rings. The average molecular weight is 232 g/mol. The van der Waals surface area contributed by atoms with E-state index in [0.29, 0.717) is 6.42 Å². The van der Waals surface area contributed by atoms with Crippen LogP contribution in [0.5, 0.6) is 0 Å². The molecule has 5 nitrogen and oxygen atoms in total. The van der Waals surface area contributed by atoms with Gasteiger partial charge in [0.25, 0.3) is 0 Å². The van der Waals surface area contributed by atoms with Crippen LogP contribution in [0.4, 0.5) is 0 Å². The van der Waals surface area contributed by atoms with Crippen molar-refractivity contribution < 1.29 is 24.1 Å². The summed E-state index contributed by atoms with van der Waals surface area (Å²) in [5.41, 5.74) is 0. The highest BCUT2D eigenvalue weighted by atomic mass is 16.7. The van der Waals surface area contributed by atoms with Crippen LogP contribution < -0.4 is 0 Å². The van der Waals surface area contributed by atoms with Crippen LogP contribution in [0.3, 0.4) is 0 Å². The van der Waals surface area contributed by atoms with Crippen molar-refractivity contribution in [3.63, 3.8) is 0 Å². The van der Waals surface area contributed by atoms with Gasteiger partial charge in [-0.1, -0.05) is 0 Å². The molecule has 16 heavy (non-hydrogen) atoms. The Balaban J connectivity index is 2.23. The summed E-state index contributed by atoms with van der Waals surface area (Å²) in [5, 5.41) is 9.45. The van der Waals surface area contributed by atoms with Crippen LogP contribution >= 0.6 is 0 Å². The molecule has 1 saturated carbocycles. The van der Waals surface area contributed by atoms with E-state index in [2.05, 4.69) is 0 Å². The number of rotatable bonds is 5. The Bertz CT molecular complexity index is 218. The molecular formula is C11H20O5. The standard InChI is InChI=1S/C11H20O5/c1-8(12)16-11(14-2)7-15-10-5-3-4-9(13)6-10/h9-11,13H,3-7H2,1-2H3. The van der Waals surface area contributed by atoms with E-state index < -0.39 is 6.29 Å². The fourth-order valence-corrected chi connectivity index (χ4v) is 1.82. The van der Waals surface area contributed by atoms with E-state index in [0.717, 1.165) is 19.3 Å². The highest BCUT2D eigenvalue weighted by Crippen LogP contribution is 2.21. The molecule has 0 amide bonds. The number of carbonyl (C=O) groups is 1. The second-order valence-electron chi connectivity index (χ2n) is 4.05. The number of hydrogen-bond acceptors (Lipinski definition) is 5. The maximum absolute atomic E-state index is 10.7. The van der Waals surface area contributed by atoms with Crippen LogP contribution in [0.25, 0.3) is 0 Å². The van der Waals surface area contributed by atoms with E-state index in [1.165, 1.54) is 14.0 Å². The van der Waals surface area contributed by atoms with Gasteiger partial charge in [0.2, 0.25) is 6.29 Å². The van der Waals surface area contributed by atoms with Crippen molar-refractivity contribution in [1.29, 1.82) is 0 Å². The van der Waals surface area contributed by atoms with Gasteiger partial charge in [-0.2, -0.15) is 0 Å². The summed E-state index contributed by atoms with van der Waals surface area (Å²) in [6, 6.07) is 0. The number of methoxy groups -OCH3 is 1. The minimum Gasteiger partial charge on any atom is -0.433 e. The van der Waals surface area contributed by atoms with E-state index in [-0.39, 0.29) is 24.8 Å². The number of esters is 1. The first-order valence-corrected chi connectivity index (χ1v) is 5.61. The molecule has 0 heterocycles. The zero-order valence-electron chi connectivity index (χ0n) is 9.85. The largest absolute Gasteiger partial charge is 0.433 e. The average Bonchev–Trinajstić information content (AvgIpc) is 2.24. The van der Waals surface area contributed by atoms with Gasteiger partial charge >= 0.3 is 5.97 Å². The second kappa shape index (κ2) is 6.83. The SMILES string of the molecule is COC(COC1CCCC(O)C1)OC(C)=O. The van der Waals surface area contributed by atoms with Gasteiger partial charge in [-0.05, 0) is 25.7 Å². The molecule has 1 aliphatic carbocycles. The fraction of sp³-hybridized carbons (Fsp3) is 0.909. The van der Waals surface area contributed by atoms with Crippen molar-refractivity contribution in [2.45, 2.75) is 51.1 Å². The first-order chi connectivity index (χ1) is 7.61. The lowest BCUT2D eigenvalue weighted by Crippen LogP contribution is -2.31. The molecule has 1 fully saturated rings. The summed E-state index contributed by atoms with van der Waals surface area (Å²) in [6.45, 7) is 1.55. The van der Waals surface area contributed by atoms with Crippen LogP contribution in [0.1, 0.15) is 32.6 Å². The third-order valence-electron chi connectivity index (χ3n) is 2.63. The van der Waals surface area contributed by atoms with Crippen LogP contribution in [-0.2, 0) is 19.0 Å². The van der Waals surface area contributed by atoms with Crippen molar-refractivity contribution >= 4 is 5.97 Å². The summed E-state index contributed by atoms with van der Waals surface area (Å²) in [7, 11) is 1.46. The first-order valence-electron chi connectivity index (χ1n) is 5.61. The van der Waals surface area contributed by atoms with Gasteiger partial charge in [-0.25, -0.2) is 0 Å². The monoisotopic (exact) mass is 232 g/mol. The molecule has 1 aliphatic rings. The highest BCUT2D eigenvalue weighted by molar-refractivity contribution is 5.66. The predicted molar refractivity (Wildman–Crippen MR) is 56.8 cm³/mol. The molecule has 0 bridgehead atoms. The van der Waals surface area contributed by atoms with Crippen molar-refractivity contribution in [2.24, 2.45) is 0 Å². The molecule has 3 atom stereocenters. The first kappa shape index (κ1) is 13.4. The van der Waals surface area contributed by atoms with E-state index in [1.807, 2.05) is 0 Å². The predicted octanol–water partition coefficient (Wildman–Crippen LogP) is 0.842. The van der Waals surface area contributed by atoms with Crippen LogP contribution in [0, 0.1) is 0 Å². The van der Waals surface area contributed by atoms with Crippen molar-refractivity contribution in [3.8, 4) is 0 Å². The number of ether oxygens (including phenoxy) is 3. The quantitative estimate of drug-likeness (QED) is 0.562. The molecule has 0 aliphatic heterocycles. The van der Waals surface area contributed by atoms with E-state index in [9.17, 15) is 9.90 Å². The number of aliphatic hydroxyl groups is 1. The van der Waals surface area contributed by atoms with Crippen molar-refractivity contribution in [1.82, 2.24) is 0 Å². The molecule has 5 heteroatoms. The normalized spacial score (nSPS) is 27.4. The Morgan fingerprint density at radius 2 is 2.25 bits per heavy atom. The fourth-order valence-electron chi connectivity index (χ4n) is 1.82. The van der Waals surface area contributed by atoms with Gasteiger partial charge in [-0.3, -0.25) is 4.79 Å². The summed E-state index contributed by atoms with van der Waals surface area (Å²) < 4.78 is 15.4. The molecule has 1 rings (SSSR count). The smallest absolute Gasteiger partial charge is 0.305 e. The lowest BCUT2D eigenvalue weighted by Gasteiger charge is -2.27. The third-order valence-corrected chi connectivity index (χ3v) is 2.63. The topological polar surface area (TPSA) is 65.0 Å². The molecule has 0 radical (unpaired) electrons. The zero-order valence-corrected chi connectivity index (χ0v) is 9.85. The van der Waals surface area contributed by atoms with E-state index >= 15 is 0 Å². The minimum atomic E-state index is -0.656. The Morgan fingerprint density at radius 3 is 2.81 bits per heavy atom. The maximum atomic E-state index is 10.7. The van der Waals surface area contributed by atoms with Crippen LogP contribution in [0.15, 0.2) is 0 Å². The van der Waals surface area contributed by atoms with Crippen molar-refractivity contribution in [2.75, 3.05) is 13.7 Å². The summed E-state index contributed by atoms with van der Waals surface area (Å²) in [6.07, 6.45) is 2.51. The molecule has 0 saturated heterocycles. The van der Waals surface area contributed by atoms with Gasteiger partial charge in [0.1, 0.15) is 6.61 Å². The Kier molecular flexibility index (Phi) is 5.73. The van der Waals surface area contributed by atoms with Gasteiger partial charge < -0.3 is 19.3 Å². The molecule has 0 aromatic heterocycles. The summed E-state index contributed by atoms with van der Waals surface area (Å²) in [4.78, 5) is 10.7. The molecule has 0 spiro atoms. The van der Waals surface area contributed by atoms with Gasteiger partial charge in [0.15, 0.2) is 0 Å². The highest BCUT2D eigenvalue weighted by Gasteiger charge is 2.22. The summed E-state index contributed by atoms with van der Waals surface area (Å²) in [5.74, 6) is -0.390. The molecule has 94 valence electrons. The number of aliphatic hydroxyl groups excluding tert-OH is 1. The molecule has 0 aromatic carbocycles. The van der Waals surface area contributed by atoms with E-state index in [4.69, 9.17) is 14.2 Å². The van der Waals surface area contributed by atoms with Gasteiger partial charge in [0, 0.05) is 14.0 Å². The van der Waals surface area contributed by atoms with E-state index in [1.54, 1.807) is 0 Å². The molecule has 1 N–H and O–H groups in total. The second-order valence-corrected chi connectivity index (χ2v) is 4.05. The Morgan fingerprint density at radius 1 is 1.50 bits per heavy atom. The number of carbonyl (C=O) groups excluding carboxylic acids is 1.